The molecule has 4 heteroatoms. The van der Waals surface area contributed by atoms with Gasteiger partial charge < -0.3 is 10.0 Å². The molecule has 0 aromatic heterocycles. The Labute approximate surface area is 77.5 Å². The first-order chi connectivity index (χ1) is 6.16. The van der Waals surface area contributed by atoms with Crippen molar-refractivity contribution in [2.24, 2.45) is 0 Å². The maximum Gasteiger partial charge on any atom is 0.326 e. The molecule has 1 aliphatic heterocycles. The molecule has 1 aliphatic rings. The highest BCUT2D eigenvalue weighted by Gasteiger charge is 2.31. The van der Waals surface area contributed by atoms with Crippen molar-refractivity contribution in [1.82, 2.24) is 4.90 Å². The summed E-state index contributed by atoms with van der Waals surface area (Å²) >= 11 is 0. The number of carbonyl (C=O) groups excluding carboxylic acids is 1. The predicted molar refractivity (Wildman–Crippen MR) is 47.3 cm³/mol. The number of carboxylic acid groups (broad SMARTS) is 1. The van der Waals surface area contributed by atoms with Gasteiger partial charge in [-0.3, -0.25) is 4.79 Å². The number of hydrogen-bond donors (Lipinski definition) is 1. The summed E-state index contributed by atoms with van der Waals surface area (Å²) in [5, 5.41) is 8.89. The minimum absolute atomic E-state index is 0.0131. The van der Waals surface area contributed by atoms with Crippen LogP contribution in [0.25, 0.3) is 0 Å². The third-order valence-electron chi connectivity index (χ3n) is 2.33. The summed E-state index contributed by atoms with van der Waals surface area (Å²) in [6.45, 7) is 2.53. The quantitative estimate of drug-likeness (QED) is 0.706. The Hall–Kier alpha value is -1.06. The molecule has 1 atom stereocenters. The molecule has 1 N–H and O–H groups in total. The molecule has 0 aromatic rings. The average molecular weight is 185 g/mol. The molecule has 0 aromatic carbocycles. The number of carbonyl (C=O) groups is 2. The second-order valence-electron chi connectivity index (χ2n) is 3.33. The van der Waals surface area contributed by atoms with Gasteiger partial charge in [-0.1, -0.05) is 13.3 Å². The number of hydrogen-bond acceptors (Lipinski definition) is 2. The lowest BCUT2D eigenvalue weighted by Gasteiger charge is -2.23. The van der Waals surface area contributed by atoms with Gasteiger partial charge in [-0.25, -0.2) is 4.79 Å². The molecule has 0 bridgehead atoms. The van der Waals surface area contributed by atoms with E-state index in [0.717, 1.165) is 12.8 Å². The van der Waals surface area contributed by atoms with Gasteiger partial charge in [-0.15, -0.1) is 0 Å². The van der Waals surface area contributed by atoms with E-state index in [1.807, 2.05) is 6.92 Å². The minimum atomic E-state index is -0.878. The summed E-state index contributed by atoms with van der Waals surface area (Å²) in [6.07, 6.45) is 2.65. The molecular formula is C9H15NO3. The zero-order chi connectivity index (χ0) is 9.84. The molecule has 0 radical (unpaired) electrons. The Morgan fingerprint density at radius 2 is 2.38 bits per heavy atom. The zero-order valence-electron chi connectivity index (χ0n) is 7.82. The summed E-state index contributed by atoms with van der Waals surface area (Å²) in [4.78, 5) is 23.6. The van der Waals surface area contributed by atoms with Crippen molar-refractivity contribution >= 4 is 11.9 Å². The standard InChI is InChI=1S/C9H15NO3/c1-2-4-7(9(12)13)10-6-3-5-8(10)11/h7H,2-6H2,1H3,(H,12,13). The van der Waals surface area contributed by atoms with Crippen molar-refractivity contribution in [3.8, 4) is 0 Å². The number of carboxylic acids is 1. The van der Waals surface area contributed by atoms with Crippen LogP contribution in [-0.4, -0.2) is 34.5 Å². The molecule has 1 saturated heterocycles. The Morgan fingerprint density at radius 1 is 1.69 bits per heavy atom. The Morgan fingerprint density at radius 3 is 2.77 bits per heavy atom. The summed E-state index contributed by atoms with van der Waals surface area (Å²) in [6, 6.07) is -0.597. The van der Waals surface area contributed by atoms with Crippen LogP contribution < -0.4 is 0 Å². The smallest absolute Gasteiger partial charge is 0.326 e. The van der Waals surface area contributed by atoms with Gasteiger partial charge in [0, 0.05) is 13.0 Å². The monoisotopic (exact) mass is 185 g/mol. The highest BCUT2D eigenvalue weighted by Crippen LogP contribution is 2.16. The molecule has 1 heterocycles. The second kappa shape index (κ2) is 4.25. The number of rotatable bonds is 4. The molecular weight excluding hydrogens is 170 g/mol. The van der Waals surface area contributed by atoms with Gasteiger partial charge in [-0.05, 0) is 12.8 Å². The zero-order valence-corrected chi connectivity index (χ0v) is 7.82. The van der Waals surface area contributed by atoms with Crippen molar-refractivity contribution in [1.29, 1.82) is 0 Å². The first kappa shape index (κ1) is 10.0. The molecule has 0 aliphatic carbocycles. The van der Waals surface area contributed by atoms with Crippen molar-refractivity contribution in [3.05, 3.63) is 0 Å². The second-order valence-corrected chi connectivity index (χ2v) is 3.33. The lowest BCUT2D eigenvalue weighted by atomic mass is 10.1. The fourth-order valence-electron chi connectivity index (χ4n) is 1.68. The minimum Gasteiger partial charge on any atom is -0.480 e. The van der Waals surface area contributed by atoms with Gasteiger partial charge >= 0.3 is 5.97 Å². The molecule has 13 heavy (non-hydrogen) atoms. The van der Waals surface area contributed by atoms with E-state index in [-0.39, 0.29) is 5.91 Å². The first-order valence-corrected chi connectivity index (χ1v) is 4.69. The van der Waals surface area contributed by atoms with Crippen LogP contribution in [0.3, 0.4) is 0 Å². The number of aliphatic carboxylic acids is 1. The highest BCUT2D eigenvalue weighted by molar-refractivity contribution is 5.84. The third kappa shape index (κ3) is 2.20. The van der Waals surface area contributed by atoms with Crippen LogP contribution in [-0.2, 0) is 9.59 Å². The van der Waals surface area contributed by atoms with Crippen LogP contribution >= 0.6 is 0 Å². The van der Waals surface area contributed by atoms with Gasteiger partial charge in [0.15, 0.2) is 0 Å². The van der Waals surface area contributed by atoms with E-state index < -0.39 is 12.0 Å². The summed E-state index contributed by atoms with van der Waals surface area (Å²) < 4.78 is 0. The Kier molecular flexibility index (Phi) is 3.28. The maximum atomic E-state index is 11.3. The molecule has 1 amide bonds. The normalized spacial score (nSPS) is 19.2. The van der Waals surface area contributed by atoms with E-state index in [4.69, 9.17) is 5.11 Å². The van der Waals surface area contributed by atoms with Crippen molar-refractivity contribution in [2.45, 2.75) is 38.6 Å². The average Bonchev–Trinajstić information content (AvgIpc) is 2.47. The predicted octanol–water partition coefficient (Wildman–Crippen LogP) is 0.862. The topological polar surface area (TPSA) is 57.6 Å². The summed E-state index contributed by atoms with van der Waals surface area (Å²) in [5.41, 5.74) is 0. The highest BCUT2D eigenvalue weighted by atomic mass is 16.4. The third-order valence-corrected chi connectivity index (χ3v) is 2.33. The largest absolute Gasteiger partial charge is 0.480 e. The van der Waals surface area contributed by atoms with E-state index in [1.54, 1.807) is 0 Å². The van der Waals surface area contributed by atoms with Gasteiger partial charge in [0.05, 0.1) is 0 Å². The van der Waals surface area contributed by atoms with Crippen LogP contribution in [0.15, 0.2) is 0 Å². The Balaban J connectivity index is 2.63. The Bertz CT molecular complexity index is 215. The van der Waals surface area contributed by atoms with Crippen molar-refractivity contribution in [3.63, 3.8) is 0 Å². The SMILES string of the molecule is CCCC(C(=O)O)N1CCCC1=O. The number of likely N-dealkylation sites (tertiary alicyclic amines) is 1. The molecule has 1 rings (SSSR count). The van der Waals surface area contributed by atoms with Crippen LogP contribution in [0, 0.1) is 0 Å². The van der Waals surface area contributed by atoms with Gasteiger partial charge in [0.25, 0.3) is 0 Å². The first-order valence-electron chi connectivity index (χ1n) is 4.69. The molecule has 4 nitrogen and oxygen atoms in total. The number of amides is 1. The lowest BCUT2D eigenvalue weighted by Crippen LogP contribution is -2.41. The van der Waals surface area contributed by atoms with Crippen LogP contribution in [0.1, 0.15) is 32.6 Å². The molecule has 0 spiro atoms. The fraction of sp³-hybridized carbons (Fsp3) is 0.778. The van der Waals surface area contributed by atoms with Gasteiger partial charge in [-0.2, -0.15) is 0 Å². The molecule has 0 saturated carbocycles. The van der Waals surface area contributed by atoms with Crippen LogP contribution in [0.2, 0.25) is 0 Å². The molecule has 74 valence electrons. The van der Waals surface area contributed by atoms with E-state index >= 15 is 0 Å². The lowest BCUT2D eigenvalue weighted by molar-refractivity contribution is -0.148. The van der Waals surface area contributed by atoms with E-state index in [9.17, 15) is 9.59 Å². The van der Waals surface area contributed by atoms with Crippen LogP contribution in [0.5, 0.6) is 0 Å². The van der Waals surface area contributed by atoms with Gasteiger partial charge in [0.2, 0.25) is 5.91 Å². The van der Waals surface area contributed by atoms with E-state index in [2.05, 4.69) is 0 Å². The summed E-state index contributed by atoms with van der Waals surface area (Å²) in [5.74, 6) is -0.891. The van der Waals surface area contributed by atoms with Crippen molar-refractivity contribution in [2.75, 3.05) is 6.54 Å². The molecule has 1 fully saturated rings. The van der Waals surface area contributed by atoms with E-state index in [0.29, 0.717) is 19.4 Å². The number of nitrogens with zero attached hydrogens (tertiary/aromatic N) is 1. The molecule has 1 unspecified atom stereocenters. The van der Waals surface area contributed by atoms with E-state index in [1.165, 1.54) is 4.90 Å². The van der Waals surface area contributed by atoms with Crippen molar-refractivity contribution < 1.29 is 14.7 Å². The van der Waals surface area contributed by atoms with Crippen LogP contribution in [0.4, 0.5) is 0 Å². The summed E-state index contributed by atoms with van der Waals surface area (Å²) in [7, 11) is 0. The maximum absolute atomic E-state index is 11.3. The van der Waals surface area contributed by atoms with Gasteiger partial charge in [0.1, 0.15) is 6.04 Å². The fourth-order valence-corrected chi connectivity index (χ4v) is 1.68.